The molecule has 0 bridgehead atoms. The molecular weight excluding hydrogens is 208 g/mol. The molecule has 0 unspecified atom stereocenters. The molecule has 1 aromatic heterocycles. The summed E-state index contributed by atoms with van der Waals surface area (Å²) in [4.78, 5) is 16.6. The van der Waals surface area contributed by atoms with Gasteiger partial charge in [-0.25, -0.2) is 9.67 Å². The fraction of sp³-hybridized carbons (Fsp3) is 0.700. The van der Waals surface area contributed by atoms with Crippen LogP contribution < -0.4 is 0 Å². The zero-order valence-electron chi connectivity index (χ0n) is 9.92. The van der Waals surface area contributed by atoms with Crippen LogP contribution >= 0.6 is 0 Å². The van der Waals surface area contributed by atoms with Crippen LogP contribution in [-0.2, 0) is 11.3 Å². The summed E-state index contributed by atoms with van der Waals surface area (Å²) >= 11 is 0. The van der Waals surface area contributed by atoms with Crippen molar-refractivity contribution >= 4 is 5.97 Å². The van der Waals surface area contributed by atoms with Crippen molar-refractivity contribution in [3.05, 3.63) is 12.2 Å². The third-order valence-electron chi connectivity index (χ3n) is 2.31. The maximum absolute atomic E-state index is 10.6. The average Bonchev–Trinajstić information content (AvgIpc) is 2.64. The molecule has 0 amide bonds. The maximum Gasteiger partial charge on any atom is 0.317 e. The Morgan fingerprint density at radius 3 is 2.81 bits per heavy atom. The van der Waals surface area contributed by atoms with E-state index in [0.717, 1.165) is 5.82 Å². The SMILES string of the molecule is CCN(CC(=O)O)Cc1ncnn1C(C)C. The van der Waals surface area contributed by atoms with Gasteiger partial charge in [-0.2, -0.15) is 5.10 Å². The van der Waals surface area contributed by atoms with Gasteiger partial charge in [-0.3, -0.25) is 9.69 Å². The number of hydrogen-bond donors (Lipinski definition) is 1. The monoisotopic (exact) mass is 226 g/mol. The van der Waals surface area contributed by atoms with Crippen molar-refractivity contribution in [2.45, 2.75) is 33.4 Å². The lowest BCUT2D eigenvalue weighted by Gasteiger charge is -2.18. The molecule has 6 heteroatoms. The standard InChI is InChI=1S/C10H18N4O2/c1-4-13(6-10(15)16)5-9-11-7-12-14(9)8(2)3/h7-8H,4-6H2,1-3H3,(H,15,16). The lowest BCUT2D eigenvalue weighted by Crippen LogP contribution is -2.30. The first-order chi connectivity index (χ1) is 7.54. The van der Waals surface area contributed by atoms with Crippen LogP contribution in [0.2, 0.25) is 0 Å². The topological polar surface area (TPSA) is 71.2 Å². The maximum atomic E-state index is 10.6. The van der Waals surface area contributed by atoms with E-state index in [0.29, 0.717) is 13.1 Å². The van der Waals surface area contributed by atoms with Crippen LogP contribution in [0.3, 0.4) is 0 Å². The summed E-state index contributed by atoms with van der Waals surface area (Å²) in [7, 11) is 0. The molecule has 1 heterocycles. The molecular formula is C10H18N4O2. The van der Waals surface area contributed by atoms with Gasteiger partial charge in [0.15, 0.2) is 0 Å². The molecule has 0 aromatic carbocycles. The Hall–Kier alpha value is -1.43. The lowest BCUT2D eigenvalue weighted by atomic mass is 10.4. The van der Waals surface area contributed by atoms with Crippen LogP contribution in [0.15, 0.2) is 6.33 Å². The molecule has 0 saturated carbocycles. The average molecular weight is 226 g/mol. The van der Waals surface area contributed by atoms with Crippen molar-refractivity contribution in [1.82, 2.24) is 19.7 Å². The predicted octanol–water partition coefficient (Wildman–Crippen LogP) is 0.765. The first kappa shape index (κ1) is 12.6. The van der Waals surface area contributed by atoms with Crippen LogP contribution in [0.1, 0.15) is 32.6 Å². The van der Waals surface area contributed by atoms with Gasteiger partial charge >= 0.3 is 5.97 Å². The normalized spacial score (nSPS) is 11.3. The van der Waals surface area contributed by atoms with Gasteiger partial charge in [0.05, 0.1) is 13.1 Å². The molecule has 1 rings (SSSR count). The highest BCUT2D eigenvalue weighted by Gasteiger charge is 2.13. The van der Waals surface area contributed by atoms with Crippen LogP contribution in [0.4, 0.5) is 0 Å². The minimum Gasteiger partial charge on any atom is -0.480 e. The Bertz CT molecular complexity index is 348. The van der Waals surface area contributed by atoms with E-state index in [1.165, 1.54) is 6.33 Å². The highest BCUT2D eigenvalue weighted by molar-refractivity contribution is 5.69. The first-order valence-electron chi connectivity index (χ1n) is 5.37. The largest absolute Gasteiger partial charge is 0.480 e. The number of carboxylic acid groups (broad SMARTS) is 1. The van der Waals surface area contributed by atoms with E-state index in [1.807, 2.05) is 30.4 Å². The summed E-state index contributed by atoms with van der Waals surface area (Å²) < 4.78 is 1.81. The molecule has 1 N–H and O–H groups in total. The fourth-order valence-corrected chi connectivity index (χ4v) is 1.49. The highest BCUT2D eigenvalue weighted by atomic mass is 16.4. The van der Waals surface area contributed by atoms with E-state index >= 15 is 0 Å². The van der Waals surface area contributed by atoms with Crippen molar-refractivity contribution < 1.29 is 9.90 Å². The molecule has 1 aromatic rings. The molecule has 0 saturated heterocycles. The molecule has 0 radical (unpaired) electrons. The summed E-state index contributed by atoms with van der Waals surface area (Å²) in [6.45, 7) is 7.19. The van der Waals surface area contributed by atoms with E-state index in [9.17, 15) is 4.79 Å². The van der Waals surface area contributed by atoms with E-state index < -0.39 is 5.97 Å². The van der Waals surface area contributed by atoms with Crippen LogP contribution in [0.5, 0.6) is 0 Å². The number of carboxylic acids is 1. The van der Waals surface area contributed by atoms with Crippen molar-refractivity contribution in [2.24, 2.45) is 0 Å². The summed E-state index contributed by atoms with van der Waals surface area (Å²) in [6.07, 6.45) is 1.50. The smallest absolute Gasteiger partial charge is 0.317 e. The number of aliphatic carboxylic acids is 1. The van der Waals surface area contributed by atoms with Crippen LogP contribution in [-0.4, -0.2) is 43.8 Å². The summed E-state index contributed by atoms with van der Waals surface area (Å²) in [5, 5.41) is 12.9. The molecule has 90 valence electrons. The van der Waals surface area contributed by atoms with E-state index in [-0.39, 0.29) is 12.6 Å². The van der Waals surface area contributed by atoms with Crippen molar-refractivity contribution in [1.29, 1.82) is 0 Å². The predicted molar refractivity (Wildman–Crippen MR) is 59.0 cm³/mol. The zero-order chi connectivity index (χ0) is 12.1. The van der Waals surface area contributed by atoms with Crippen LogP contribution in [0.25, 0.3) is 0 Å². The van der Waals surface area contributed by atoms with E-state index in [1.54, 1.807) is 0 Å². The van der Waals surface area contributed by atoms with Gasteiger partial charge in [-0.05, 0) is 20.4 Å². The summed E-state index contributed by atoms with van der Waals surface area (Å²) in [5.74, 6) is -0.0180. The first-order valence-corrected chi connectivity index (χ1v) is 5.37. The summed E-state index contributed by atoms with van der Waals surface area (Å²) in [6, 6.07) is 0.237. The minimum absolute atomic E-state index is 0.0292. The van der Waals surface area contributed by atoms with E-state index in [4.69, 9.17) is 5.11 Å². The number of aromatic nitrogens is 3. The molecule has 0 atom stereocenters. The Kier molecular flexibility index (Phi) is 4.42. The Morgan fingerprint density at radius 1 is 1.62 bits per heavy atom. The van der Waals surface area contributed by atoms with E-state index in [2.05, 4.69) is 10.1 Å². The highest BCUT2D eigenvalue weighted by Crippen LogP contribution is 2.07. The fourth-order valence-electron chi connectivity index (χ4n) is 1.49. The zero-order valence-corrected chi connectivity index (χ0v) is 9.92. The quantitative estimate of drug-likeness (QED) is 0.775. The molecule has 6 nitrogen and oxygen atoms in total. The Balaban J connectivity index is 2.70. The lowest BCUT2D eigenvalue weighted by molar-refractivity contribution is -0.138. The number of carbonyl (C=O) groups is 1. The van der Waals surface area contributed by atoms with Gasteiger partial charge in [0.2, 0.25) is 0 Å². The molecule has 0 aliphatic heterocycles. The number of hydrogen-bond acceptors (Lipinski definition) is 4. The van der Waals surface area contributed by atoms with Gasteiger partial charge in [-0.15, -0.1) is 0 Å². The van der Waals surface area contributed by atoms with Gasteiger partial charge in [-0.1, -0.05) is 6.92 Å². The second-order valence-electron chi connectivity index (χ2n) is 3.91. The minimum atomic E-state index is -0.822. The van der Waals surface area contributed by atoms with Gasteiger partial charge in [0, 0.05) is 6.04 Å². The number of nitrogens with zero attached hydrogens (tertiary/aromatic N) is 4. The molecule has 0 spiro atoms. The van der Waals surface area contributed by atoms with Crippen LogP contribution in [0, 0.1) is 0 Å². The van der Waals surface area contributed by atoms with Crippen molar-refractivity contribution in [3.63, 3.8) is 0 Å². The van der Waals surface area contributed by atoms with Gasteiger partial charge < -0.3 is 5.11 Å². The second kappa shape index (κ2) is 5.60. The Labute approximate surface area is 94.9 Å². The summed E-state index contributed by atoms with van der Waals surface area (Å²) in [5.41, 5.74) is 0. The molecule has 0 aliphatic carbocycles. The van der Waals surface area contributed by atoms with Crippen molar-refractivity contribution in [2.75, 3.05) is 13.1 Å². The molecule has 16 heavy (non-hydrogen) atoms. The number of likely N-dealkylation sites (N-methyl/N-ethyl adjacent to an activating group) is 1. The third-order valence-corrected chi connectivity index (χ3v) is 2.31. The molecule has 0 aliphatic rings. The molecule has 0 fully saturated rings. The Morgan fingerprint density at radius 2 is 2.31 bits per heavy atom. The third kappa shape index (κ3) is 3.30. The second-order valence-corrected chi connectivity index (χ2v) is 3.91. The van der Waals surface area contributed by atoms with Gasteiger partial charge in [0.25, 0.3) is 0 Å². The van der Waals surface area contributed by atoms with Crippen molar-refractivity contribution in [3.8, 4) is 0 Å². The van der Waals surface area contributed by atoms with Gasteiger partial charge in [0.1, 0.15) is 12.2 Å². The number of rotatable bonds is 6.